The lowest BCUT2D eigenvalue weighted by Gasteiger charge is -2.62. The van der Waals surface area contributed by atoms with E-state index in [1.54, 1.807) is 40.1 Å². The van der Waals surface area contributed by atoms with Crippen LogP contribution in [0.1, 0.15) is 51.3 Å². The summed E-state index contributed by atoms with van der Waals surface area (Å²) in [4.78, 5) is 25.4. The number of nitrogens with one attached hydrogen (secondary N) is 1. The number of carboxylic acid groups (broad SMARTS) is 2. The van der Waals surface area contributed by atoms with Crippen LogP contribution in [-0.4, -0.2) is 116 Å². The molecule has 1 aromatic rings. The van der Waals surface area contributed by atoms with Crippen LogP contribution in [0, 0.1) is 11.3 Å². The Balaban J connectivity index is 2.49. The van der Waals surface area contributed by atoms with Gasteiger partial charge >= 0.3 is 11.9 Å². The Morgan fingerprint density at radius 2 is 1.48 bits per heavy atom. The number of carbonyl (C=O) groups is 2. The Labute approximate surface area is 236 Å². The summed E-state index contributed by atoms with van der Waals surface area (Å²) in [5.41, 5.74) is -1.93. The molecule has 1 aromatic carbocycles. The lowest BCUT2D eigenvalue weighted by Crippen LogP contribution is -2.77. The molecule has 0 bridgehead atoms. The van der Waals surface area contributed by atoms with Gasteiger partial charge in [-0.1, -0.05) is 20.8 Å². The highest BCUT2D eigenvalue weighted by Gasteiger charge is 2.64. The highest BCUT2D eigenvalue weighted by atomic mass is 16.5. The van der Waals surface area contributed by atoms with Crippen LogP contribution in [0.15, 0.2) is 12.1 Å². The molecule has 1 aliphatic rings. The molecule has 2 rings (SSSR count). The molecule has 5 atom stereocenters. The average molecular weight is 570 g/mol. The van der Waals surface area contributed by atoms with Crippen molar-refractivity contribution in [2.45, 2.75) is 77.6 Å². The van der Waals surface area contributed by atoms with Crippen molar-refractivity contribution in [1.82, 2.24) is 15.1 Å². The van der Waals surface area contributed by atoms with Gasteiger partial charge in [-0.25, -0.2) is 0 Å². The maximum absolute atomic E-state index is 12.0. The first-order valence-corrected chi connectivity index (χ1v) is 13.4. The summed E-state index contributed by atoms with van der Waals surface area (Å²) in [6.45, 7) is 8.31. The summed E-state index contributed by atoms with van der Waals surface area (Å²) >= 11 is 0. The van der Waals surface area contributed by atoms with Crippen molar-refractivity contribution in [2.24, 2.45) is 11.3 Å². The number of aromatic hydroxyl groups is 1. The second-order valence-corrected chi connectivity index (χ2v) is 12.1. The van der Waals surface area contributed by atoms with E-state index in [2.05, 4.69) is 5.32 Å². The molecule has 0 spiro atoms. The van der Waals surface area contributed by atoms with Gasteiger partial charge in [0.25, 0.3) is 0 Å². The molecule has 12 heteroatoms. The molecule has 228 valence electrons. The Morgan fingerprint density at radius 1 is 1.00 bits per heavy atom. The second kappa shape index (κ2) is 13.1. The van der Waals surface area contributed by atoms with E-state index in [4.69, 9.17) is 14.9 Å². The van der Waals surface area contributed by atoms with Gasteiger partial charge in [0.15, 0.2) is 0 Å². The third-order valence-corrected chi connectivity index (χ3v) is 8.55. The fourth-order valence-corrected chi connectivity index (χ4v) is 6.02. The zero-order valence-electron chi connectivity index (χ0n) is 24.6. The number of phenolic OH excluding ortho intramolecular Hbond substituents is 1. The van der Waals surface area contributed by atoms with E-state index >= 15 is 0 Å². The molecule has 7 N–H and O–H groups in total. The number of hydrogen-bond acceptors (Lipinski definition) is 10. The van der Waals surface area contributed by atoms with Gasteiger partial charge < -0.3 is 40.7 Å². The van der Waals surface area contributed by atoms with Crippen LogP contribution in [0.2, 0.25) is 0 Å². The Kier molecular flexibility index (Phi) is 11.1. The summed E-state index contributed by atoms with van der Waals surface area (Å²) in [6.07, 6.45) is -0.723. The molecule has 0 amide bonds. The number of carboxylic acids is 2. The highest BCUT2D eigenvalue weighted by molar-refractivity contribution is 5.69. The number of aliphatic hydroxyl groups is 3. The summed E-state index contributed by atoms with van der Waals surface area (Å²) in [5.74, 6) is -2.17. The lowest BCUT2D eigenvalue weighted by atomic mass is 9.56. The van der Waals surface area contributed by atoms with E-state index in [0.717, 1.165) is 0 Å². The van der Waals surface area contributed by atoms with Crippen molar-refractivity contribution >= 4 is 11.9 Å². The van der Waals surface area contributed by atoms with Gasteiger partial charge in [0, 0.05) is 36.2 Å². The average Bonchev–Trinajstić information content (AvgIpc) is 2.82. The minimum Gasteiger partial charge on any atom is -0.507 e. The molecule has 1 aliphatic heterocycles. The minimum atomic E-state index is -1.43. The number of hydrogen-bond donors (Lipinski definition) is 7. The number of rotatable bonds is 14. The molecular weight excluding hydrogens is 522 g/mol. The van der Waals surface area contributed by atoms with Gasteiger partial charge in [-0.2, -0.15) is 0 Å². The predicted molar refractivity (Wildman–Crippen MR) is 148 cm³/mol. The molecule has 12 nitrogen and oxygen atoms in total. The van der Waals surface area contributed by atoms with Crippen molar-refractivity contribution in [2.75, 3.05) is 40.4 Å². The van der Waals surface area contributed by atoms with Gasteiger partial charge in [0.2, 0.25) is 0 Å². The van der Waals surface area contributed by atoms with Crippen molar-refractivity contribution in [1.29, 1.82) is 0 Å². The number of ether oxygens (including phenoxy) is 1. The van der Waals surface area contributed by atoms with E-state index in [9.17, 15) is 30.0 Å². The molecule has 1 fully saturated rings. The number of nitrogens with zero attached hydrogens (tertiary/aromatic N) is 2. The fourth-order valence-electron chi connectivity index (χ4n) is 6.02. The first-order chi connectivity index (χ1) is 18.4. The first kappa shape index (κ1) is 33.9. The smallest absolute Gasteiger partial charge is 0.317 e. The fraction of sp³-hybridized carbons (Fsp3) is 0.714. The van der Waals surface area contributed by atoms with Crippen LogP contribution in [0.25, 0.3) is 0 Å². The monoisotopic (exact) mass is 569 g/mol. The standard InChI is InChI=1S/C28H47N3O9/c1-17(2)27(4)21(15-32)40-26(3,16-33)25(28(27,5)39)29-10-18-8-19(11-30(6)13-22(34)35)24(38)20(9-18)12-31(7)14-23(36)37/h8-9,17,21,25,29,32-33,38-39H,10-16H2,1-7H3,(H,34,35)(H,36,37)/t21?,25-,26?,27?,28?/m1/s1. The van der Waals surface area contributed by atoms with Gasteiger partial charge in [-0.15, -0.1) is 0 Å². The van der Waals surface area contributed by atoms with E-state index in [0.29, 0.717) is 16.7 Å². The van der Waals surface area contributed by atoms with Crippen molar-refractivity contribution < 1.29 is 45.0 Å². The SMILES string of the molecule is CC(C)C1(C)C(CO)OC(C)(CO)[C@@H](NCc2cc(CN(C)CC(=O)O)c(O)c(CN(C)CC(=O)O)c2)C1(C)O. The zero-order valence-corrected chi connectivity index (χ0v) is 24.6. The first-order valence-electron chi connectivity index (χ1n) is 13.4. The van der Waals surface area contributed by atoms with Gasteiger partial charge in [0.05, 0.1) is 44.1 Å². The second-order valence-electron chi connectivity index (χ2n) is 12.1. The topological polar surface area (TPSA) is 183 Å². The van der Waals surface area contributed by atoms with E-state index in [-0.39, 0.29) is 51.0 Å². The van der Waals surface area contributed by atoms with Crippen LogP contribution in [-0.2, 0) is 34.0 Å². The van der Waals surface area contributed by atoms with Gasteiger partial charge in [-0.05, 0) is 51.6 Å². The maximum Gasteiger partial charge on any atom is 0.317 e. The Morgan fingerprint density at radius 3 is 1.85 bits per heavy atom. The molecule has 0 radical (unpaired) electrons. The van der Waals surface area contributed by atoms with Crippen LogP contribution < -0.4 is 5.32 Å². The third-order valence-electron chi connectivity index (χ3n) is 8.55. The quantitative estimate of drug-likeness (QED) is 0.164. The zero-order chi connectivity index (χ0) is 30.6. The van der Waals surface area contributed by atoms with E-state index in [1.807, 2.05) is 20.8 Å². The number of aliphatic hydroxyl groups excluding tert-OH is 2. The summed E-state index contributed by atoms with van der Waals surface area (Å²) < 4.78 is 6.24. The lowest BCUT2D eigenvalue weighted by molar-refractivity contribution is -0.301. The highest BCUT2D eigenvalue weighted by Crippen LogP contribution is 2.52. The van der Waals surface area contributed by atoms with Crippen molar-refractivity contribution in [3.8, 4) is 5.75 Å². The molecule has 0 aliphatic carbocycles. The normalized spacial score (nSPS) is 28.9. The molecule has 4 unspecified atom stereocenters. The van der Waals surface area contributed by atoms with Gasteiger partial charge in [-0.3, -0.25) is 19.4 Å². The maximum atomic E-state index is 12.0. The summed E-state index contributed by atoms with van der Waals surface area (Å²) in [6, 6.07) is 2.69. The Bertz CT molecular complexity index is 1000. The largest absolute Gasteiger partial charge is 0.507 e. The van der Waals surface area contributed by atoms with E-state index in [1.165, 1.54) is 9.80 Å². The number of phenols is 1. The molecule has 0 aromatic heterocycles. The van der Waals surface area contributed by atoms with Crippen molar-refractivity contribution in [3.63, 3.8) is 0 Å². The Hall–Kier alpha value is -2.32. The predicted octanol–water partition coefficient (Wildman–Crippen LogP) is 0.439. The van der Waals surface area contributed by atoms with Crippen LogP contribution in [0.4, 0.5) is 0 Å². The molecule has 40 heavy (non-hydrogen) atoms. The number of benzene rings is 1. The van der Waals surface area contributed by atoms with Gasteiger partial charge in [0.1, 0.15) is 11.4 Å². The van der Waals surface area contributed by atoms with Crippen LogP contribution in [0.5, 0.6) is 5.75 Å². The summed E-state index contributed by atoms with van der Waals surface area (Å²) in [5, 5.41) is 65.2. The minimum absolute atomic E-state index is 0.0513. The van der Waals surface area contributed by atoms with Crippen LogP contribution in [0.3, 0.4) is 0 Å². The molecule has 1 heterocycles. The molecule has 0 saturated carbocycles. The number of aliphatic carboxylic acids is 2. The molecule has 1 saturated heterocycles. The third kappa shape index (κ3) is 7.11. The summed E-state index contributed by atoms with van der Waals surface area (Å²) in [7, 11) is 3.23. The van der Waals surface area contributed by atoms with Crippen molar-refractivity contribution in [3.05, 3.63) is 28.8 Å². The molecular formula is C28H47N3O9. The van der Waals surface area contributed by atoms with Crippen LogP contribution >= 0.6 is 0 Å². The number of likely N-dealkylation sites (N-methyl/N-ethyl adjacent to an activating group) is 2. The van der Waals surface area contributed by atoms with E-state index < -0.39 is 47.3 Å².